The fourth-order valence-corrected chi connectivity index (χ4v) is 2.77. The molecule has 4 nitrogen and oxygen atoms in total. The molecule has 22 heavy (non-hydrogen) atoms. The molecule has 122 valence electrons. The monoisotopic (exact) mass is 306 g/mol. The zero-order valence-corrected chi connectivity index (χ0v) is 13.5. The third kappa shape index (κ3) is 4.14. The lowest BCUT2D eigenvalue weighted by Gasteiger charge is -2.22. The minimum absolute atomic E-state index is 0.267. The average molecular weight is 306 g/mol. The van der Waals surface area contributed by atoms with Crippen molar-refractivity contribution < 1.29 is 18.9 Å². The molecule has 0 spiro atoms. The molecule has 3 rings (SSSR count). The van der Waals surface area contributed by atoms with Gasteiger partial charge in [-0.2, -0.15) is 0 Å². The number of hydrogen-bond acceptors (Lipinski definition) is 4. The maximum atomic E-state index is 6.02. The molecule has 1 aromatic rings. The third-order valence-electron chi connectivity index (χ3n) is 4.22. The Morgan fingerprint density at radius 3 is 2.00 bits per heavy atom. The van der Waals surface area contributed by atoms with Gasteiger partial charge in [0, 0.05) is 5.56 Å². The molecular weight excluding hydrogens is 280 g/mol. The van der Waals surface area contributed by atoms with Crippen LogP contribution in [0.2, 0.25) is 0 Å². The van der Waals surface area contributed by atoms with Gasteiger partial charge in [0.25, 0.3) is 0 Å². The second-order valence-corrected chi connectivity index (χ2v) is 6.09. The third-order valence-corrected chi connectivity index (χ3v) is 4.22. The SMILES string of the molecule is CCCC(CC)c1c(OCC2CO2)cccc1OCC1CO1. The minimum Gasteiger partial charge on any atom is -0.490 e. The predicted octanol–water partition coefficient (Wildman–Crippen LogP) is 3.54. The van der Waals surface area contributed by atoms with Crippen LogP contribution in [0, 0.1) is 0 Å². The lowest BCUT2D eigenvalue weighted by molar-refractivity contribution is 0.245. The first-order valence-corrected chi connectivity index (χ1v) is 8.43. The van der Waals surface area contributed by atoms with Gasteiger partial charge in [-0.25, -0.2) is 0 Å². The fourth-order valence-electron chi connectivity index (χ4n) is 2.77. The van der Waals surface area contributed by atoms with Crippen LogP contribution < -0.4 is 9.47 Å². The van der Waals surface area contributed by atoms with Gasteiger partial charge < -0.3 is 18.9 Å². The molecule has 0 amide bonds. The molecule has 3 atom stereocenters. The van der Waals surface area contributed by atoms with Crippen LogP contribution in [0.1, 0.15) is 44.6 Å². The van der Waals surface area contributed by atoms with Crippen molar-refractivity contribution in [3.63, 3.8) is 0 Å². The van der Waals surface area contributed by atoms with Gasteiger partial charge in [-0.15, -0.1) is 0 Å². The Balaban J connectivity index is 1.79. The van der Waals surface area contributed by atoms with Crippen LogP contribution in [-0.2, 0) is 9.47 Å². The quantitative estimate of drug-likeness (QED) is 0.620. The Morgan fingerprint density at radius 1 is 1.05 bits per heavy atom. The largest absolute Gasteiger partial charge is 0.490 e. The van der Waals surface area contributed by atoms with E-state index in [1.54, 1.807) is 0 Å². The Bertz CT molecular complexity index is 446. The van der Waals surface area contributed by atoms with Gasteiger partial charge in [0.05, 0.1) is 13.2 Å². The lowest BCUT2D eigenvalue weighted by Crippen LogP contribution is -2.11. The molecule has 4 heteroatoms. The van der Waals surface area contributed by atoms with Crippen LogP contribution in [0.3, 0.4) is 0 Å². The molecule has 0 radical (unpaired) electrons. The van der Waals surface area contributed by atoms with Crippen LogP contribution in [-0.4, -0.2) is 38.6 Å². The maximum absolute atomic E-state index is 6.02. The summed E-state index contributed by atoms with van der Waals surface area (Å²) in [6, 6.07) is 6.11. The molecule has 0 bridgehead atoms. The normalized spacial score (nSPS) is 23.9. The minimum atomic E-state index is 0.267. The summed E-state index contributed by atoms with van der Waals surface area (Å²) in [5, 5.41) is 0. The van der Waals surface area contributed by atoms with E-state index in [1.165, 1.54) is 5.56 Å². The Kier molecular flexibility index (Phi) is 5.21. The van der Waals surface area contributed by atoms with E-state index >= 15 is 0 Å². The molecule has 1 aromatic carbocycles. The molecule has 0 aliphatic carbocycles. The molecule has 2 saturated heterocycles. The number of rotatable bonds is 10. The van der Waals surface area contributed by atoms with E-state index in [0.29, 0.717) is 19.1 Å². The summed E-state index contributed by atoms with van der Waals surface area (Å²) in [7, 11) is 0. The summed E-state index contributed by atoms with van der Waals surface area (Å²) in [6.45, 7) is 7.35. The van der Waals surface area contributed by atoms with Crippen LogP contribution in [0.15, 0.2) is 18.2 Å². The highest BCUT2D eigenvalue weighted by Gasteiger charge is 2.27. The van der Waals surface area contributed by atoms with Crippen molar-refractivity contribution in [2.24, 2.45) is 0 Å². The molecule has 0 N–H and O–H groups in total. The number of benzene rings is 1. The number of hydrogen-bond donors (Lipinski definition) is 0. The van der Waals surface area contributed by atoms with Crippen molar-refractivity contribution in [1.29, 1.82) is 0 Å². The van der Waals surface area contributed by atoms with E-state index in [4.69, 9.17) is 18.9 Å². The van der Waals surface area contributed by atoms with Gasteiger partial charge in [-0.05, 0) is 30.9 Å². The van der Waals surface area contributed by atoms with E-state index in [1.807, 2.05) is 6.07 Å². The van der Waals surface area contributed by atoms with Crippen LogP contribution >= 0.6 is 0 Å². The fraction of sp³-hybridized carbons (Fsp3) is 0.667. The molecular formula is C18H26O4. The van der Waals surface area contributed by atoms with Crippen molar-refractivity contribution in [1.82, 2.24) is 0 Å². The van der Waals surface area contributed by atoms with Crippen molar-refractivity contribution >= 4 is 0 Å². The van der Waals surface area contributed by atoms with E-state index in [9.17, 15) is 0 Å². The second-order valence-electron chi connectivity index (χ2n) is 6.09. The van der Waals surface area contributed by atoms with Gasteiger partial charge in [0.1, 0.15) is 36.9 Å². The van der Waals surface area contributed by atoms with E-state index in [0.717, 1.165) is 44.0 Å². The van der Waals surface area contributed by atoms with Crippen LogP contribution in [0.5, 0.6) is 11.5 Å². The van der Waals surface area contributed by atoms with Gasteiger partial charge >= 0.3 is 0 Å². The lowest BCUT2D eigenvalue weighted by atomic mass is 9.90. The van der Waals surface area contributed by atoms with Gasteiger partial charge in [0.15, 0.2) is 0 Å². The zero-order chi connectivity index (χ0) is 15.4. The van der Waals surface area contributed by atoms with E-state index in [2.05, 4.69) is 26.0 Å². The molecule has 2 aliphatic heterocycles. The average Bonchev–Trinajstić information content (AvgIpc) is 3.43. The van der Waals surface area contributed by atoms with Crippen LogP contribution in [0.25, 0.3) is 0 Å². The Labute approximate surface area is 132 Å². The standard InChI is InChI=1S/C18H26O4/c1-3-6-13(4-2)18-16(21-11-14-9-19-14)7-5-8-17(18)22-12-15-10-20-15/h5,7-8,13-15H,3-4,6,9-12H2,1-2H3. The van der Waals surface area contributed by atoms with Crippen LogP contribution in [0.4, 0.5) is 0 Å². The first-order valence-electron chi connectivity index (χ1n) is 8.43. The highest BCUT2D eigenvalue weighted by atomic mass is 16.6. The summed E-state index contributed by atoms with van der Waals surface area (Å²) in [5.41, 5.74) is 1.22. The van der Waals surface area contributed by atoms with Crippen molar-refractivity contribution in [2.45, 2.75) is 51.2 Å². The predicted molar refractivity (Wildman–Crippen MR) is 84.9 cm³/mol. The topological polar surface area (TPSA) is 43.5 Å². The molecule has 3 unspecified atom stereocenters. The number of epoxide rings is 2. The first-order chi connectivity index (χ1) is 10.8. The molecule has 2 heterocycles. The van der Waals surface area contributed by atoms with Gasteiger partial charge in [0.2, 0.25) is 0 Å². The molecule has 0 aromatic heterocycles. The van der Waals surface area contributed by atoms with E-state index in [-0.39, 0.29) is 12.2 Å². The van der Waals surface area contributed by atoms with Crippen molar-refractivity contribution in [3.8, 4) is 11.5 Å². The number of ether oxygens (including phenoxy) is 4. The first kappa shape index (κ1) is 15.6. The zero-order valence-electron chi connectivity index (χ0n) is 13.5. The summed E-state index contributed by atoms with van der Waals surface area (Å²) in [4.78, 5) is 0. The molecule has 0 saturated carbocycles. The van der Waals surface area contributed by atoms with Crippen molar-refractivity contribution in [2.75, 3.05) is 26.4 Å². The van der Waals surface area contributed by atoms with E-state index < -0.39 is 0 Å². The summed E-state index contributed by atoms with van der Waals surface area (Å²) in [5.74, 6) is 2.37. The Hall–Kier alpha value is -1.26. The Morgan fingerprint density at radius 2 is 1.59 bits per heavy atom. The smallest absolute Gasteiger partial charge is 0.126 e. The van der Waals surface area contributed by atoms with Gasteiger partial charge in [-0.1, -0.05) is 26.3 Å². The molecule has 2 aliphatic rings. The summed E-state index contributed by atoms with van der Waals surface area (Å²) in [6.07, 6.45) is 3.92. The summed E-state index contributed by atoms with van der Waals surface area (Å²) < 4.78 is 22.5. The highest BCUT2D eigenvalue weighted by molar-refractivity contribution is 5.47. The highest BCUT2D eigenvalue weighted by Crippen LogP contribution is 2.40. The van der Waals surface area contributed by atoms with Crippen molar-refractivity contribution in [3.05, 3.63) is 23.8 Å². The molecule has 2 fully saturated rings. The van der Waals surface area contributed by atoms with Gasteiger partial charge in [-0.3, -0.25) is 0 Å². The maximum Gasteiger partial charge on any atom is 0.126 e. The summed E-state index contributed by atoms with van der Waals surface area (Å²) >= 11 is 0. The second kappa shape index (κ2) is 7.34.